The minimum absolute atomic E-state index is 0.329. The Morgan fingerprint density at radius 1 is 1.13 bits per heavy atom. The molecular formula is C12H22N2O. The molecular weight excluding hydrogens is 188 g/mol. The highest BCUT2D eigenvalue weighted by atomic mass is 16.2. The SMILES string of the molecule is CCC(=O)N1CCC(N2CCCC2)CC1. The van der Waals surface area contributed by atoms with E-state index in [0.717, 1.165) is 19.1 Å². The molecule has 86 valence electrons. The van der Waals surface area contributed by atoms with Crippen molar-refractivity contribution in [1.82, 2.24) is 9.80 Å². The second-order valence-corrected chi connectivity index (χ2v) is 4.71. The van der Waals surface area contributed by atoms with Crippen LogP contribution in [0.25, 0.3) is 0 Å². The molecule has 0 aromatic carbocycles. The summed E-state index contributed by atoms with van der Waals surface area (Å²) in [7, 11) is 0. The van der Waals surface area contributed by atoms with Crippen molar-refractivity contribution in [1.29, 1.82) is 0 Å². The summed E-state index contributed by atoms with van der Waals surface area (Å²) in [5.74, 6) is 0.329. The zero-order valence-electron chi connectivity index (χ0n) is 9.74. The van der Waals surface area contributed by atoms with Gasteiger partial charge < -0.3 is 9.80 Å². The van der Waals surface area contributed by atoms with Crippen LogP contribution in [0.3, 0.4) is 0 Å². The molecule has 2 rings (SSSR count). The van der Waals surface area contributed by atoms with E-state index in [1.807, 2.05) is 11.8 Å². The average Bonchev–Trinajstić information content (AvgIpc) is 2.82. The number of nitrogens with zero attached hydrogens (tertiary/aromatic N) is 2. The van der Waals surface area contributed by atoms with E-state index in [1.165, 1.54) is 38.8 Å². The molecule has 3 nitrogen and oxygen atoms in total. The second-order valence-electron chi connectivity index (χ2n) is 4.71. The maximum atomic E-state index is 11.5. The van der Waals surface area contributed by atoms with Crippen LogP contribution in [0.2, 0.25) is 0 Å². The fourth-order valence-electron chi connectivity index (χ4n) is 2.81. The van der Waals surface area contributed by atoms with Gasteiger partial charge in [-0.05, 0) is 38.8 Å². The van der Waals surface area contributed by atoms with Gasteiger partial charge in [0, 0.05) is 25.6 Å². The molecule has 15 heavy (non-hydrogen) atoms. The molecule has 0 unspecified atom stereocenters. The molecule has 0 bridgehead atoms. The molecule has 2 saturated heterocycles. The van der Waals surface area contributed by atoms with Crippen molar-refractivity contribution >= 4 is 5.91 Å². The number of piperidine rings is 1. The van der Waals surface area contributed by atoms with Crippen molar-refractivity contribution in [3.8, 4) is 0 Å². The zero-order chi connectivity index (χ0) is 10.7. The summed E-state index contributed by atoms with van der Waals surface area (Å²) in [5.41, 5.74) is 0. The number of carbonyl (C=O) groups is 1. The number of likely N-dealkylation sites (tertiary alicyclic amines) is 2. The van der Waals surface area contributed by atoms with Crippen molar-refractivity contribution in [3.05, 3.63) is 0 Å². The summed E-state index contributed by atoms with van der Waals surface area (Å²) in [6.07, 6.45) is 5.77. The lowest BCUT2D eigenvalue weighted by Crippen LogP contribution is -2.45. The first-order valence-corrected chi connectivity index (χ1v) is 6.33. The average molecular weight is 210 g/mol. The van der Waals surface area contributed by atoms with Crippen LogP contribution in [-0.4, -0.2) is 47.9 Å². The normalized spacial score (nSPS) is 24.7. The number of amides is 1. The Kier molecular flexibility index (Phi) is 3.62. The topological polar surface area (TPSA) is 23.6 Å². The van der Waals surface area contributed by atoms with E-state index in [-0.39, 0.29) is 0 Å². The van der Waals surface area contributed by atoms with Crippen molar-refractivity contribution in [2.75, 3.05) is 26.2 Å². The summed E-state index contributed by atoms with van der Waals surface area (Å²) in [6, 6.07) is 0.758. The molecule has 0 aromatic heterocycles. The minimum atomic E-state index is 0.329. The Morgan fingerprint density at radius 2 is 1.73 bits per heavy atom. The minimum Gasteiger partial charge on any atom is -0.343 e. The smallest absolute Gasteiger partial charge is 0.222 e. The number of hydrogen-bond acceptors (Lipinski definition) is 2. The molecule has 0 N–H and O–H groups in total. The van der Waals surface area contributed by atoms with Crippen molar-refractivity contribution in [3.63, 3.8) is 0 Å². The molecule has 0 aromatic rings. The number of hydrogen-bond donors (Lipinski definition) is 0. The van der Waals surface area contributed by atoms with E-state index >= 15 is 0 Å². The van der Waals surface area contributed by atoms with E-state index in [0.29, 0.717) is 12.3 Å². The third-order valence-electron chi connectivity index (χ3n) is 3.78. The monoisotopic (exact) mass is 210 g/mol. The Hall–Kier alpha value is -0.570. The van der Waals surface area contributed by atoms with E-state index in [2.05, 4.69) is 4.90 Å². The van der Waals surface area contributed by atoms with Crippen LogP contribution in [0.5, 0.6) is 0 Å². The van der Waals surface area contributed by atoms with Crippen molar-refractivity contribution < 1.29 is 4.79 Å². The van der Waals surface area contributed by atoms with Gasteiger partial charge in [-0.1, -0.05) is 6.92 Å². The van der Waals surface area contributed by atoms with Gasteiger partial charge in [-0.3, -0.25) is 4.79 Å². The first-order valence-electron chi connectivity index (χ1n) is 6.33. The first kappa shape index (κ1) is 10.9. The van der Waals surface area contributed by atoms with E-state index in [9.17, 15) is 4.79 Å². The lowest BCUT2D eigenvalue weighted by atomic mass is 10.0. The Bertz CT molecular complexity index is 216. The maximum absolute atomic E-state index is 11.5. The van der Waals surface area contributed by atoms with Crippen molar-refractivity contribution in [2.24, 2.45) is 0 Å². The standard InChI is InChI=1S/C12H22N2O/c1-2-12(15)14-9-5-11(6-10-14)13-7-3-4-8-13/h11H,2-10H2,1H3. The molecule has 3 heteroatoms. The fraction of sp³-hybridized carbons (Fsp3) is 0.917. The quantitative estimate of drug-likeness (QED) is 0.689. The van der Waals surface area contributed by atoms with Gasteiger partial charge in [-0.2, -0.15) is 0 Å². The molecule has 0 aliphatic carbocycles. The molecule has 2 aliphatic rings. The summed E-state index contributed by atoms with van der Waals surface area (Å²) < 4.78 is 0. The van der Waals surface area contributed by atoms with Gasteiger partial charge in [0.05, 0.1) is 0 Å². The molecule has 0 radical (unpaired) electrons. The van der Waals surface area contributed by atoms with Crippen LogP contribution < -0.4 is 0 Å². The van der Waals surface area contributed by atoms with Gasteiger partial charge in [0.1, 0.15) is 0 Å². The summed E-state index contributed by atoms with van der Waals surface area (Å²) >= 11 is 0. The van der Waals surface area contributed by atoms with Crippen LogP contribution >= 0.6 is 0 Å². The number of rotatable bonds is 2. The molecule has 2 fully saturated rings. The molecule has 2 aliphatic heterocycles. The second kappa shape index (κ2) is 4.97. The summed E-state index contributed by atoms with van der Waals surface area (Å²) in [5, 5.41) is 0. The van der Waals surface area contributed by atoms with Gasteiger partial charge in [0.15, 0.2) is 0 Å². The lowest BCUT2D eigenvalue weighted by molar-refractivity contribution is -0.132. The Labute approximate surface area is 92.4 Å². The molecule has 1 amide bonds. The van der Waals surface area contributed by atoms with Gasteiger partial charge >= 0.3 is 0 Å². The van der Waals surface area contributed by atoms with Crippen LogP contribution in [0.15, 0.2) is 0 Å². The molecule has 0 saturated carbocycles. The predicted octanol–water partition coefficient (Wildman–Crippen LogP) is 1.48. The van der Waals surface area contributed by atoms with Gasteiger partial charge in [-0.25, -0.2) is 0 Å². The third kappa shape index (κ3) is 2.51. The highest BCUT2D eigenvalue weighted by molar-refractivity contribution is 5.75. The maximum Gasteiger partial charge on any atom is 0.222 e. The van der Waals surface area contributed by atoms with Crippen LogP contribution in [0.4, 0.5) is 0 Å². The largest absolute Gasteiger partial charge is 0.343 e. The predicted molar refractivity (Wildman–Crippen MR) is 60.7 cm³/mol. The lowest BCUT2D eigenvalue weighted by Gasteiger charge is -2.36. The zero-order valence-corrected chi connectivity index (χ0v) is 9.74. The Morgan fingerprint density at radius 3 is 2.27 bits per heavy atom. The first-order chi connectivity index (χ1) is 7.31. The van der Waals surface area contributed by atoms with E-state index in [1.54, 1.807) is 0 Å². The van der Waals surface area contributed by atoms with E-state index < -0.39 is 0 Å². The van der Waals surface area contributed by atoms with Crippen molar-refractivity contribution in [2.45, 2.75) is 45.1 Å². The van der Waals surface area contributed by atoms with Crippen LogP contribution in [0, 0.1) is 0 Å². The van der Waals surface area contributed by atoms with E-state index in [4.69, 9.17) is 0 Å². The molecule has 0 spiro atoms. The molecule has 2 heterocycles. The summed E-state index contributed by atoms with van der Waals surface area (Å²) in [6.45, 7) is 6.48. The highest BCUT2D eigenvalue weighted by Gasteiger charge is 2.27. The third-order valence-corrected chi connectivity index (χ3v) is 3.78. The van der Waals surface area contributed by atoms with Gasteiger partial charge in [0.25, 0.3) is 0 Å². The van der Waals surface area contributed by atoms with Gasteiger partial charge in [0.2, 0.25) is 5.91 Å². The molecule has 0 atom stereocenters. The summed E-state index contributed by atoms with van der Waals surface area (Å²) in [4.78, 5) is 16.2. The highest BCUT2D eigenvalue weighted by Crippen LogP contribution is 2.21. The number of carbonyl (C=O) groups excluding carboxylic acids is 1. The van der Waals surface area contributed by atoms with Crippen LogP contribution in [-0.2, 0) is 4.79 Å². The fourth-order valence-corrected chi connectivity index (χ4v) is 2.81. The van der Waals surface area contributed by atoms with Gasteiger partial charge in [-0.15, -0.1) is 0 Å². The Balaban J connectivity index is 1.78. The van der Waals surface area contributed by atoms with Crippen LogP contribution in [0.1, 0.15) is 39.0 Å².